The third kappa shape index (κ3) is 7.70. The molecular weight excluding hydrogens is 234 g/mol. The Balaban J connectivity index is 3.92. The number of unbranched alkanes of at least 4 members (excludes halogenated alkanes) is 1. The first kappa shape index (κ1) is 16.5. The van der Waals surface area contributed by atoms with Gasteiger partial charge in [-0.05, 0) is 19.8 Å². The van der Waals surface area contributed by atoms with Gasteiger partial charge in [-0.3, -0.25) is 0 Å². The second-order valence-corrected chi connectivity index (χ2v) is 4.09. The van der Waals surface area contributed by atoms with Gasteiger partial charge in [0, 0.05) is 12.1 Å². The van der Waals surface area contributed by atoms with Crippen molar-refractivity contribution in [1.82, 2.24) is 5.32 Å². The summed E-state index contributed by atoms with van der Waals surface area (Å²) in [6.07, 6.45) is 1.62. The minimum absolute atomic E-state index is 0.0589. The first-order valence-electron chi connectivity index (χ1n) is 6.28. The number of hydrogen-bond donors (Lipinski definition) is 1. The molecule has 0 aliphatic rings. The van der Waals surface area contributed by atoms with Gasteiger partial charge in [0.15, 0.2) is 0 Å². The molecule has 0 bridgehead atoms. The summed E-state index contributed by atoms with van der Waals surface area (Å²) in [6, 6.07) is 0. The standard InChI is InChI=1S/C13H23NO4/c1-5-7-8-14-13(16)18-11(6-2)9-17-12(15)10(3)4/h11H,3,5-9H2,1-2,4H3,(H,14,16). The second-order valence-electron chi connectivity index (χ2n) is 4.09. The summed E-state index contributed by atoms with van der Waals surface area (Å²) in [7, 11) is 0. The highest BCUT2D eigenvalue weighted by Gasteiger charge is 2.14. The highest BCUT2D eigenvalue weighted by molar-refractivity contribution is 5.86. The molecule has 0 saturated heterocycles. The minimum atomic E-state index is -0.471. The van der Waals surface area contributed by atoms with Crippen molar-refractivity contribution in [2.45, 2.75) is 46.1 Å². The molecule has 1 N–H and O–H groups in total. The van der Waals surface area contributed by atoms with Crippen LogP contribution < -0.4 is 5.32 Å². The van der Waals surface area contributed by atoms with E-state index >= 15 is 0 Å². The summed E-state index contributed by atoms with van der Waals surface area (Å²) in [5.74, 6) is -0.469. The highest BCUT2D eigenvalue weighted by atomic mass is 16.6. The largest absolute Gasteiger partial charge is 0.458 e. The summed E-state index contributed by atoms with van der Waals surface area (Å²) in [6.45, 7) is 9.60. The maximum Gasteiger partial charge on any atom is 0.407 e. The predicted octanol–water partition coefficient (Wildman–Crippen LogP) is 2.41. The van der Waals surface area contributed by atoms with Crippen LogP contribution in [0.4, 0.5) is 4.79 Å². The van der Waals surface area contributed by atoms with Crippen LogP contribution >= 0.6 is 0 Å². The molecule has 0 spiro atoms. The number of carbonyl (C=O) groups is 2. The Labute approximate surface area is 109 Å². The average Bonchev–Trinajstić information content (AvgIpc) is 2.34. The van der Waals surface area contributed by atoms with E-state index in [4.69, 9.17) is 9.47 Å². The minimum Gasteiger partial charge on any atom is -0.458 e. The SMILES string of the molecule is C=C(C)C(=O)OCC(CC)OC(=O)NCCCC. The van der Waals surface area contributed by atoms with E-state index in [1.807, 2.05) is 13.8 Å². The van der Waals surface area contributed by atoms with Crippen LogP contribution in [-0.2, 0) is 14.3 Å². The molecule has 1 amide bonds. The molecule has 5 nitrogen and oxygen atoms in total. The van der Waals surface area contributed by atoms with Gasteiger partial charge < -0.3 is 14.8 Å². The predicted molar refractivity (Wildman–Crippen MR) is 69.2 cm³/mol. The molecule has 0 rings (SSSR count). The third-order valence-corrected chi connectivity index (χ3v) is 2.28. The number of ether oxygens (including phenoxy) is 2. The van der Waals surface area contributed by atoms with E-state index in [0.29, 0.717) is 18.5 Å². The lowest BCUT2D eigenvalue weighted by molar-refractivity contribution is -0.142. The Hall–Kier alpha value is -1.52. The quantitative estimate of drug-likeness (QED) is 0.412. The maximum atomic E-state index is 11.4. The van der Waals surface area contributed by atoms with Crippen molar-refractivity contribution >= 4 is 12.1 Å². The lowest BCUT2D eigenvalue weighted by atomic mass is 10.3. The van der Waals surface area contributed by atoms with Crippen LogP contribution in [0.15, 0.2) is 12.2 Å². The van der Waals surface area contributed by atoms with Crippen LogP contribution in [0.25, 0.3) is 0 Å². The van der Waals surface area contributed by atoms with Crippen molar-refractivity contribution in [3.63, 3.8) is 0 Å². The molecule has 104 valence electrons. The molecule has 1 unspecified atom stereocenters. The zero-order valence-electron chi connectivity index (χ0n) is 11.5. The van der Waals surface area contributed by atoms with Gasteiger partial charge in [-0.1, -0.05) is 26.8 Å². The number of rotatable bonds is 8. The van der Waals surface area contributed by atoms with Gasteiger partial charge in [0.25, 0.3) is 0 Å². The maximum absolute atomic E-state index is 11.4. The van der Waals surface area contributed by atoms with Crippen LogP contribution in [0.3, 0.4) is 0 Å². The molecule has 0 fully saturated rings. The Morgan fingerprint density at radius 2 is 2.00 bits per heavy atom. The lowest BCUT2D eigenvalue weighted by Gasteiger charge is -2.16. The van der Waals surface area contributed by atoms with E-state index in [1.54, 1.807) is 6.92 Å². The zero-order valence-corrected chi connectivity index (χ0v) is 11.5. The smallest absolute Gasteiger partial charge is 0.407 e. The molecule has 0 radical (unpaired) electrons. The van der Waals surface area contributed by atoms with E-state index in [1.165, 1.54) is 0 Å². The monoisotopic (exact) mass is 257 g/mol. The molecule has 1 atom stereocenters. The van der Waals surface area contributed by atoms with E-state index in [-0.39, 0.29) is 6.61 Å². The molecule has 18 heavy (non-hydrogen) atoms. The fourth-order valence-corrected chi connectivity index (χ4v) is 1.09. The Morgan fingerprint density at radius 1 is 1.33 bits per heavy atom. The van der Waals surface area contributed by atoms with Gasteiger partial charge >= 0.3 is 12.1 Å². The lowest BCUT2D eigenvalue weighted by Crippen LogP contribution is -2.32. The number of alkyl carbamates (subject to hydrolysis) is 1. The third-order valence-electron chi connectivity index (χ3n) is 2.28. The number of hydrogen-bond acceptors (Lipinski definition) is 4. The van der Waals surface area contributed by atoms with E-state index < -0.39 is 18.2 Å². The van der Waals surface area contributed by atoms with Gasteiger partial charge in [0.2, 0.25) is 0 Å². The molecule has 5 heteroatoms. The van der Waals surface area contributed by atoms with Gasteiger partial charge in [0.1, 0.15) is 12.7 Å². The molecule has 0 heterocycles. The van der Waals surface area contributed by atoms with Gasteiger partial charge in [-0.2, -0.15) is 0 Å². The van der Waals surface area contributed by atoms with Crippen LogP contribution in [-0.4, -0.2) is 31.3 Å². The van der Waals surface area contributed by atoms with Gasteiger partial charge in [-0.15, -0.1) is 0 Å². The number of amides is 1. The number of nitrogens with one attached hydrogen (secondary N) is 1. The molecule has 0 aliphatic heterocycles. The van der Waals surface area contributed by atoms with Crippen LogP contribution in [0.1, 0.15) is 40.0 Å². The molecule has 0 aromatic heterocycles. The van der Waals surface area contributed by atoms with E-state index in [0.717, 1.165) is 12.8 Å². The first-order valence-corrected chi connectivity index (χ1v) is 6.28. The zero-order chi connectivity index (χ0) is 14.0. The molecule has 0 saturated carbocycles. The molecule has 0 aromatic rings. The van der Waals surface area contributed by atoms with Crippen molar-refractivity contribution < 1.29 is 19.1 Å². The Morgan fingerprint density at radius 3 is 2.50 bits per heavy atom. The molecular formula is C13H23NO4. The fourth-order valence-electron chi connectivity index (χ4n) is 1.09. The van der Waals surface area contributed by atoms with Crippen LogP contribution in [0, 0.1) is 0 Å². The van der Waals surface area contributed by atoms with E-state index in [9.17, 15) is 9.59 Å². The summed E-state index contributed by atoms with van der Waals surface area (Å²) < 4.78 is 10.1. The van der Waals surface area contributed by atoms with Gasteiger partial charge in [0.05, 0.1) is 0 Å². The van der Waals surface area contributed by atoms with Crippen LogP contribution in [0.2, 0.25) is 0 Å². The first-order chi connectivity index (χ1) is 8.51. The topological polar surface area (TPSA) is 64.6 Å². The fraction of sp³-hybridized carbons (Fsp3) is 0.692. The summed E-state index contributed by atoms with van der Waals surface area (Å²) in [5, 5.41) is 2.64. The van der Waals surface area contributed by atoms with Crippen LogP contribution in [0.5, 0.6) is 0 Å². The number of esters is 1. The van der Waals surface area contributed by atoms with Crippen molar-refractivity contribution in [2.24, 2.45) is 0 Å². The van der Waals surface area contributed by atoms with Crippen molar-refractivity contribution in [1.29, 1.82) is 0 Å². The Kier molecular flexibility index (Phi) is 8.70. The van der Waals surface area contributed by atoms with Crippen molar-refractivity contribution in [3.8, 4) is 0 Å². The number of carbonyl (C=O) groups excluding carboxylic acids is 2. The Bertz CT molecular complexity index is 289. The van der Waals surface area contributed by atoms with Gasteiger partial charge in [-0.25, -0.2) is 9.59 Å². The summed E-state index contributed by atoms with van der Waals surface area (Å²) in [5.41, 5.74) is 0.331. The van der Waals surface area contributed by atoms with E-state index in [2.05, 4.69) is 11.9 Å². The highest BCUT2D eigenvalue weighted by Crippen LogP contribution is 2.02. The molecule has 0 aliphatic carbocycles. The normalized spacial score (nSPS) is 11.5. The van der Waals surface area contributed by atoms with Crippen molar-refractivity contribution in [3.05, 3.63) is 12.2 Å². The molecule has 0 aromatic carbocycles. The second kappa shape index (κ2) is 9.50. The summed E-state index contributed by atoms with van der Waals surface area (Å²) >= 11 is 0. The van der Waals surface area contributed by atoms with Crippen molar-refractivity contribution in [2.75, 3.05) is 13.2 Å². The average molecular weight is 257 g/mol. The summed E-state index contributed by atoms with van der Waals surface area (Å²) in [4.78, 5) is 22.6.